The molecule has 1 aromatic carbocycles. The van der Waals surface area contributed by atoms with Gasteiger partial charge in [0.1, 0.15) is 5.66 Å². The summed E-state index contributed by atoms with van der Waals surface area (Å²) in [6, 6.07) is 7.79. The molecule has 24 heavy (non-hydrogen) atoms. The largest absolute Gasteiger partial charge is 0.342 e. The van der Waals surface area contributed by atoms with Crippen LogP contribution in [0.15, 0.2) is 24.3 Å². The van der Waals surface area contributed by atoms with Crippen LogP contribution in [-0.2, 0) is 0 Å². The number of unbranched alkanes of at least 4 members (excludes halogenated alkanes) is 5. The third-order valence-corrected chi connectivity index (χ3v) is 5.13. The van der Waals surface area contributed by atoms with Crippen molar-refractivity contribution >= 4 is 34.6 Å². The van der Waals surface area contributed by atoms with Crippen LogP contribution < -0.4 is 15.8 Å². The Labute approximate surface area is 157 Å². The Hall–Kier alpha value is -0.840. The molecule has 134 valence electrons. The van der Waals surface area contributed by atoms with Gasteiger partial charge >= 0.3 is 0 Å². The number of rotatable bonds is 10. The number of hydrogen-bond acceptors (Lipinski definition) is 2. The molecule has 1 aromatic rings. The predicted molar refractivity (Wildman–Crippen MR) is 108 cm³/mol. The van der Waals surface area contributed by atoms with Crippen molar-refractivity contribution in [3.63, 3.8) is 0 Å². The van der Waals surface area contributed by atoms with Gasteiger partial charge < -0.3 is 5.32 Å². The van der Waals surface area contributed by atoms with Crippen LogP contribution in [0.4, 0.5) is 5.69 Å². The summed E-state index contributed by atoms with van der Waals surface area (Å²) in [5, 5.41) is 7.02. The standard InChI is InChI=1S/C19H30ClN3S/c1-3-5-6-7-8-9-15-19(14-4-2)21-18(24)23(22-19)17-12-10-16(20)11-13-17/h10-13,22H,3-9,14-15H2,1-2H3,(H,21,24)/t19-/m1/s1. The van der Waals surface area contributed by atoms with Gasteiger partial charge in [-0.05, 0) is 55.7 Å². The fourth-order valence-electron chi connectivity index (χ4n) is 3.32. The molecule has 2 rings (SSSR count). The van der Waals surface area contributed by atoms with E-state index in [2.05, 4.69) is 24.6 Å². The van der Waals surface area contributed by atoms with Crippen LogP contribution in [0.1, 0.15) is 71.6 Å². The van der Waals surface area contributed by atoms with Gasteiger partial charge in [0, 0.05) is 5.02 Å². The first kappa shape index (κ1) is 19.5. The fraction of sp³-hybridized carbons (Fsp3) is 0.632. The Morgan fingerprint density at radius 3 is 2.29 bits per heavy atom. The molecule has 0 amide bonds. The molecule has 2 N–H and O–H groups in total. The second kappa shape index (κ2) is 9.59. The molecule has 1 fully saturated rings. The van der Waals surface area contributed by atoms with Gasteiger partial charge in [-0.15, -0.1) is 0 Å². The minimum absolute atomic E-state index is 0.115. The maximum absolute atomic E-state index is 5.99. The Kier molecular flexibility index (Phi) is 7.79. The Morgan fingerprint density at radius 2 is 1.62 bits per heavy atom. The van der Waals surface area contributed by atoms with E-state index in [0.29, 0.717) is 0 Å². The second-order valence-electron chi connectivity index (χ2n) is 6.70. The van der Waals surface area contributed by atoms with Crippen LogP contribution in [0.5, 0.6) is 0 Å². The van der Waals surface area contributed by atoms with E-state index in [1.807, 2.05) is 29.3 Å². The monoisotopic (exact) mass is 367 g/mol. The van der Waals surface area contributed by atoms with E-state index >= 15 is 0 Å². The SMILES string of the molecule is CCCCCCCC[C@]1(CCC)NC(=S)N(c2ccc(Cl)cc2)N1. The summed E-state index contributed by atoms with van der Waals surface area (Å²) < 4.78 is 0. The molecule has 5 heteroatoms. The van der Waals surface area contributed by atoms with Gasteiger partial charge in [0.15, 0.2) is 5.11 Å². The molecular formula is C19H30ClN3S. The zero-order valence-electron chi connectivity index (χ0n) is 14.9. The molecule has 1 heterocycles. The van der Waals surface area contributed by atoms with Crippen molar-refractivity contribution in [3.8, 4) is 0 Å². The average molecular weight is 368 g/mol. The Balaban J connectivity index is 1.94. The molecular weight excluding hydrogens is 338 g/mol. The summed E-state index contributed by atoms with van der Waals surface area (Å²) in [7, 11) is 0. The van der Waals surface area contributed by atoms with Crippen LogP contribution >= 0.6 is 23.8 Å². The molecule has 0 bridgehead atoms. The van der Waals surface area contributed by atoms with E-state index in [9.17, 15) is 0 Å². The lowest BCUT2D eigenvalue weighted by molar-refractivity contribution is 0.278. The van der Waals surface area contributed by atoms with Gasteiger partial charge in [-0.1, -0.05) is 64.0 Å². The quantitative estimate of drug-likeness (QED) is 0.404. The molecule has 0 aliphatic carbocycles. The molecule has 0 radical (unpaired) electrons. The highest BCUT2D eigenvalue weighted by Gasteiger charge is 2.39. The van der Waals surface area contributed by atoms with Gasteiger partial charge in [0.2, 0.25) is 0 Å². The molecule has 1 atom stereocenters. The number of anilines is 1. The second-order valence-corrected chi connectivity index (χ2v) is 7.53. The number of nitrogens with zero attached hydrogens (tertiary/aromatic N) is 1. The van der Waals surface area contributed by atoms with E-state index in [1.165, 1.54) is 38.5 Å². The molecule has 1 aliphatic rings. The summed E-state index contributed by atoms with van der Waals surface area (Å²) in [6.07, 6.45) is 11.1. The third-order valence-electron chi connectivity index (χ3n) is 4.59. The van der Waals surface area contributed by atoms with Gasteiger partial charge in [0.05, 0.1) is 5.69 Å². The van der Waals surface area contributed by atoms with E-state index in [-0.39, 0.29) is 5.66 Å². The zero-order valence-corrected chi connectivity index (χ0v) is 16.5. The average Bonchev–Trinajstić information content (AvgIpc) is 2.89. The van der Waals surface area contributed by atoms with Gasteiger partial charge in [-0.3, -0.25) is 5.01 Å². The highest BCUT2D eigenvalue weighted by molar-refractivity contribution is 7.80. The first-order chi connectivity index (χ1) is 11.6. The van der Waals surface area contributed by atoms with Crippen molar-refractivity contribution in [2.75, 3.05) is 5.01 Å². The van der Waals surface area contributed by atoms with Crippen LogP contribution in [0.3, 0.4) is 0 Å². The molecule has 0 spiro atoms. The van der Waals surface area contributed by atoms with Crippen molar-refractivity contribution in [1.82, 2.24) is 10.7 Å². The van der Waals surface area contributed by atoms with Crippen LogP contribution in [0.2, 0.25) is 5.02 Å². The van der Waals surface area contributed by atoms with E-state index < -0.39 is 0 Å². The highest BCUT2D eigenvalue weighted by atomic mass is 35.5. The topological polar surface area (TPSA) is 27.3 Å². The van der Waals surface area contributed by atoms with Crippen LogP contribution in [0, 0.1) is 0 Å². The maximum Gasteiger partial charge on any atom is 0.189 e. The summed E-state index contributed by atoms with van der Waals surface area (Å²) in [6.45, 7) is 4.48. The number of thiocarbonyl (C=S) groups is 1. The van der Waals surface area contributed by atoms with E-state index in [1.54, 1.807) is 0 Å². The first-order valence-corrected chi connectivity index (χ1v) is 10.0. The summed E-state index contributed by atoms with van der Waals surface area (Å²) in [4.78, 5) is 0. The molecule has 0 saturated carbocycles. The van der Waals surface area contributed by atoms with Crippen LogP contribution in [0.25, 0.3) is 0 Å². The fourth-order valence-corrected chi connectivity index (χ4v) is 3.79. The lowest BCUT2D eigenvalue weighted by Crippen LogP contribution is -2.51. The van der Waals surface area contributed by atoms with Crippen molar-refractivity contribution in [2.24, 2.45) is 0 Å². The number of nitrogens with one attached hydrogen (secondary N) is 2. The third kappa shape index (κ3) is 5.33. The predicted octanol–water partition coefficient (Wildman–Crippen LogP) is 5.79. The molecule has 0 unspecified atom stereocenters. The van der Waals surface area contributed by atoms with Crippen molar-refractivity contribution in [3.05, 3.63) is 29.3 Å². The van der Waals surface area contributed by atoms with E-state index in [0.717, 1.165) is 35.1 Å². The van der Waals surface area contributed by atoms with Gasteiger partial charge in [0.25, 0.3) is 0 Å². The Morgan fingerprint density at radius 1 is 0.958 bits per heavy atom. The zero-order chi connectivity index (χ0) is 17.4. The summed E-state index contributed by atoms with van der Waals surface area (Å²) in [5.74, 6) is 0. The number of hydrazine groups is 1. The van der Waals surface area contributed by atoms with E-state index in [4.69, 9.17) is 23.8 Å². The minimum atomic E-state index is -0.115. The van der Waals surface area contributed by atoms with Gasteiger partial charge in [-0.2, -0.15) is 0 Å². The van der Waals surface area contributed by atoms with Crippen molar-refractivity contribution in [1.29, 1.82) is 0 Å². The lowest BCUT2D eigenvalue weighted by Gasteiger charge is -2.30. The van der Waals surface area contributed by atoms with Crippen molar-refractivity contribution in [2.45, 2.75) is 77.3 Å². The highest BCUT2D eigenvalue weighted by Crippen LogP contribution is 2.27. The molecule has 1 aliphatic heterocycles. The number of halogens is 1. The molecule has 1 saturated heterocycles. The first-order valence-electron chi connectivity index (χ1n) is 9.26. The molecule has 0 aromatic heterocycles. The van der Waals surface area contributed by atoms with Crippen molar-refractivity contribution < 1.29 is 0 Å². The number of benzene rings is 1. The normalized spacial score (nSPS) is 20.5. The summed E-state index contributed by atoms with van der Waals surface area (Å²) in [5.41, 5.74) is 4.54. The summed E-state index contributed by atoms with van der Waals surface area (Å²) >= 11 is 11.6. The van der Waals surface area contributed by atoms with Crippen LogP contribution in [-0.4, -0.2) is 10.8 Å². The van der Waals surface area contributed by atoms with Gasteiger partial charge in [-0.25, -0.2) is 5.43 Å². The number of hydrogen-bond donors (Lipinski definition) is 2. The molecule has 3 nitrogen and oxygen atoms in total. The lowest BCUT2D eigenvalue weighted by atomic mass is 9.97. The smallest absolute Gasteiger partial charge is 0.189 e. The Bertz CT molecular complexity index is 520. The minimum Gasteiger partial charge on any atom is -0.342 e. The maximum atomic E-state index is 5.99.